The molecule has 162 valence electrons. The summed E-state index contributed by atoms with van der Waals surface area (Å²) in [6.07, 6.45) is 9.38. The highest BCUT2D eigenvalue weighted by molar-refractivity contribution is 7.84. The van der Waals surface area contributed by atoms with Gasteiger partial charge in [-0.3, -0.25) is 4.21 Å². The average Bonchev–Trinajstić information content (AvgIpc) is 2.97. The Morgan fingerprint density at radius 3 is 2.63 bits per heavy atom. The van der Waals surface area contributed by atoms with Crippen molar-refractivity contribution in [3.05, 3.63) is 41.0 Å². The first-order chi connectivity index (χ1) is 14.5. The highest BCUT2D eigenvalue weighted by Gasteiger charge is 2.37. The van der Waals surface area contributed by atoms with Crippen molar-refractivity contribution < 1.29 is 9.32 Å². The van der Waals surface area contributed by atoms with Crippen LogP contribution in [-0.2, 0) is 10.8 Å². The molecule has 0 spiro atoms. The number of nitrogens with one attached hydrogen (secondary N) is 1. The Balaban J connectivity index is 1.52. The van der Waals surface area contributed by atoms with Gasteiger partial charge in [0.15, 0.2) is 0 Å². The number of aromatic nitrogens is 2. The summed E-state index contributed by atoms with van der Waals surface area (Å²) in [5.74, 6) is 1.75. The fourth-order valence-corrected chi connectivity index (χ4v) is 5.05. The van der Waals surface area contributed by atoms with Crippen molar-refractivity contribution >= 4 is 34.2 Å². The average molecular weight is 449 g/mol. The molecule has 6 nitrogen and oxygen atoms in total. The summed E-state index contributed by atoms with van der Waals surface area (Å²) in [5.41, 5.74) is 0.981. The number of hydrogen-bond donors (Lipinski definition) is 2. The quantitative estimate of drug-likeness (QED) is 0.696. The van der Waals surface area contributed by atoms with E-state index in [2.05, 4.69) is 27.3 Å². The fraction of sp³-hybridized carbons (Fsp3) is 0.545. The molecule has 2 aromatic rings. The lowest BCUT2D eigenvalue weighted by Gasteiger charge is -2.41. The van der Waals surface area contributed by atoms with Crippen molar-refractivity contribution in [3.8, 4) is 0 Å². The molecule has 30 heavy (non-hydrogen) atoms. The van der Waals surface area contributed by atoms with Crippen molar-refractivity contribution in [2.75, 3.05) is 36.2 Å². The molecule has 2 fully saturated rings. The largest absolute Gasteiger partial charge is 0.394 e. The Kier molecular flexibility index (Phi) is 6.60. The molecule has 1 unspecified atom stereocenters. The molecule has 1 aromatic heterocycles. The van der Waals surface area contributed by atoms with Gasteiger partial charge < -0.3 is 15.3 Å². The van der Waals surface area contributed by atoms with Gasteiger partial charge in [-0.2, -0.15) is 4.98 Å². The summed E-state index contributed by atoms with van der Waals surface area (Å²) in [6, 6.07) is 8.17. The van der Waals surface area contributed by atoms with Crippen LogP contribution in [0.1, 0.15) is 50.0 Å². The first kappa shape index (κ1) is 21.5. The Hall–Kier alpha value is -1.70. The Labute approximate surface area is 185 Å². The smallest absolute Gasteiger partial charge is 0.227 e. The molecule has 8 heteroatoms. The predicted molar refractivity (Wildman–Crippen MR) is 122 cm³/mol. The van der Waals surface area contributed by atoms with Crippen LogP contribution in [0.5, 0.6) is 0 Å². The van der Waals surface area contributed by atoms with Gasteiger partial charge in [0.1, 0.15) is 5.82 Å². The third kappa shape index (κ3) is 4.63. The Morgan fingerprint density at radius 2 is 2.00 bits per heavy atom. The zero-order chi connectivity index (χ0) is 21.1. The van der Waals surface area contributed by atoms with Crippen LogP contribution in [0.3, 0.4) is 0 Å². The van der Waals surface area contributed by atoms with Gasteiger partial charge in [-0.15, -0.1) is 0 Å². The maximum Gasteiger partial charge on any atom is 0.227 e. The molecule has 1 saturated heterocycles. The third-order valence-corrected chi connectivity index (χ3v) is 7.57. The molecule has 0 radical (unpaired) electrons. The van der Waals surface area contributed by atoms with Crippen LogP contribution in [-0.4, -0.2) is 50.8 Å². The summed E-state index contributed by atoms with van der Waals surface area (Å²) in [6.45, 7) is 1.81. The van der Waals surface area contributed by atoms with E-state index in [1.54, 1.807) is 12.5 Å². The highest BCUT2D eigenvalue weighted by Crippen LogP contribution is 2.36. The van der Waals surface area contributed by atoms with E-state index in [0.29, 0.717) is 22.6 Å². The van der Waals surface area contributed by atoms with Crippen molar-refractivity contribution in [1.29, 1.82) is 0 Å². The molecule has 1 aliphatic carbocycles. The first-order valence-corrected chi connectivity index (χ1v) is 12.5. The standard InChI is InChI=1S/C22H29ClN4O2S/c1-30(29)19-14-24-21(25-20(19)26-22(15-28)10-3-11-22)27-12-2-4-16(9-13-27)17-5-7-18(23)8-6-17/h5-8,14,16,28H,2-4,9-13,15H2,1H3,(H,24,25,26)/t16?,30-/m0/s1. The molecule has 1 aromatic carbocycles. The molecule has 2 aliphatic rings. The second kappa shape index (κ2) is 9.20. The van der Waals surface area contributed by atoms with Crippen LogP contribution in [0.4, 0.5) is 11.8 Å². The van der Waals surface area contributed by atoms with Gasteiger partial charge >= 0.3 is 0 Å². The lowest BCUT2D eigenvalue weighted by molar-refractivity contribution is 0.143. The predicted octanol–water partition coefficient (Wildman–Crippen LogP) is 3.97. The van der Waals surface area contributed by atoms with Crippen molar-refractivity contribution in [2.24, 2.45) is 0 Å². The molecular weight excluding hydrogens is 420 g/mol. The second-order valence-corrected chi connectivity index (χ2v) is 10.2. The molecule has 2 heterocycles. The SMILES string of the molecule is C[S@](=O)c1cnc(N2CCCC(c3ccc(Cl)cc3)CC2)nc1NC1(CO)CCC1. The van der Waals surface area contributed by atoms with Crippen LogP contribution in [0.25, 0.3) is 0 Å². The van der Waals surface area contributed by atoms with E-state index in [1.807, 2.05) is 12.1 Å². The zero-order valence-electron chi connectivity index (χ0n) is 17.3. The topological polar surface area (TPSA) is 78.4 Å². The minimum atomic E-state index is -1.20. The summed E-state index contributed by atoms with van der Waals surface area (Å²) in [4.78, 5) is 12.1. The number of hydrogen-bond acceptors (Lipinski definition) is 6. The highest BCUT2D eigenvalue weighted by atomic mass is 35.5. The minimum Gasteiger partial charge on any atom is -0.394 e. The molecule has 4 rings (SSSR count). The molecular formula is C22H29ClN4O2S. The first-order valence-electron chi connectivity index (χ1n) is 10.6. The number of halogens is 1. The number of anilines is 2. The van der Waals surface area contributed by atoms with Gasteiger partial charge in [-0.1, -0.05) is 23.7 Å². The van der Waals surface area contributed by atoms with Crippen LogP contribution in [0.15, 0.2) is 35.4 Å². The molecule has 0 bridgehead atoms. The zero-order valence-corrected chi connectivity index (χ0v) is 18.9. The lowest BCUT2D eigenvalue weighted by atomic mass is 9.77. The fourth-order valence-electron chi connectivity index (χ4n) is 4.36. The van der Waals surface area contributed by atoms with Crippen LogP contribution >= 0.6 is 11.6 Å². The molecule has 2 N–H and O–H groups in total. The van der Waals surface area contributed by atoms with E-state index in [0.717, 1.165) is 56.6 Å². The van der Waals surface area contributed by atoms with Crippen LogP contribution < -0.4 is 10.2 Å². The number of nitrogens with zero attached hydrogens (tertiary/aromatic N) is 3. The third-order valence-electron chi connectivity index (χ3n) is 6.40. The van der Waals surface area contributed by atoms with E-state index in [1.165, 1.54) is 5.56 Å². The van der Waals surface area contributed by atoms with Gasteiger partial charge in [-0.05, 0) is 62.1 Å². The number of rotatable bonds is 6. The maximum atomic E-state index is 12.2. The minimum absolute atomic E-state index is 0.0502. The Bertz CT molecular complexity index is 899. The second-order valence-electron chi connectivity index (χ2n) is 8.42. The van der Waals surface area contributed by atoms with Gasteiger partial charge in [0, 0.05) is 24.4 Å². The lowest BCUT2D eigenvalue weighted by Crippen LogP contribution is -2.48. The Morgan fingerprint density at radius 1 is 1.23 bits per heavy atom. The van der Waals surface area contributed by atoms with E-state index < -0.39 is 10.8 Å². The number of aliphatic hydroxyl groups is 1. The van der Waals surface area contributed by atoms with E-state index in [4.69, 9.17) is 16.6 Å². The van der Waals surface area contributed by atoms with Gasteiger partial charge in [-0.25, -0.2) is 4.98 Å². The van der Waals surface area contributed by atoms with Crippen molar-refractivity contribution in [1.82, 2.24) is 9.97 Å². The van der Waals surface area contributed by atoms with E-state index in [9.17, 15) is 9.32 Å². The van der Waals surface area contributed by atoms with Gasteiger partial charge in [0.2, 0.25) is 5.95 Å². The van der Waals surface area contributed by atoms with Crippen LogP contribution in [0, 0.1) is 0 Å². The maximum absolute atomic E-state index is 12.2. The molecule has 1 aliphatic heterocycles. The molecule has 0 amide bonds. The van der Waals surface area contributed by atoms with Crippen molar-refractivity contribution in [3.63, 3.8) is 0 Å². The van der Waals surface area contributed by atoms with Gasteiger partial charge in [0.25, 0.3) is 0 Å². The van der Waals surface area contributed by atoms with Gasteiger partial charge in [0.05, 0.1) is 34.0 Å². The molecule has 2 atom stereocenters. The normalized spacial score (nSPS) is 22.1. The van der Waals surface area contributed by atoms with Crippen LogP contribution in [0.2, 0.25) is 5.02 Å². The monoisotopic (exact) mass is 448 g/mol. The summed E-state index contributed by atoms with van der Waals surface area (Å²) in [5, 5.41) is 14.0. The summed E-state index contributed by atoms with van der Waals surface area (Å²) in [7, 11) is -1.20. The summed E-state index contributed by atoms with van der Waals surface area (Å²) < 4.78 is 12.2. The summed E-state index contributed by atoms with van der Waals surface area (Å²) >= 11 is 6.04. The molecule has 1 saturated carbocycles. The number of aliphatic hydroxyl groups excluding tert-OH is 1. The van der Waals surface area contributed by atoms with Crippen molar-refractivity contribution in [2.45, 2.75) is 54.9 Å². The number of benzene rings is 1. The van der Waals surface area contributed by atoms with E-state index in [-0.39, 0.29) is 12.1 Å². The van der Waals surface area contributed by atoms with E-state index >= 15 is 0 Å².